The van der Waals surface area contributed by atoms with Gasteiger partial charge in [0.25, 0.3) is 0 Å². The van der Waals surface area contributed by atoms with Crippen molar-refractivity contribution in [2.24, 2.45) is 5.73 Å². The van der Waals surface area contributed by atoms with Gasteiger partial charge in [0, 0.05) is 6.04 Å². The molecule has 2 nitrogen and oxygen atoms in total. The van der Waals surface area contributed by atoms with Crippen LogP contribution < -0.4 is 10.5 Å². The maximum absolute atomic E-state index is 5.80. The highest BCUT2D eigenvalue weighted by molar-refractivity contribution is 5.27. The van der Waals surface area contributed by atoms with Crippen LogP contribution in [0.4, 0.5) is 0 Å². The zero-order valence-electron chi connectivity index (χ0n) is 11.3. The predicted molar refractivity (Wildman–Crippen MR) is 73.4 cm³/mol. The lowest BCUT2D eigenvalue weighted by molar-refractivity contribution is 0.203. The summed E-state index contributed by atoms with van der Waals surface area (Å²) in [5.41, 5.74) is 7.13. The van der Waals surface area contributed by atoms with Gasteiger partial charge in [-0.1, -0.05) is 25.5 Å². The van der Waals surface area contributed by atoms with Crippen LogP contribution in [0, 0.1) is 0 Å². The summed E-state index contributed by atoms with van der Waals surface area (Å²) < 4.78 is 5.80. The Bertz CT molecular complexity index is 305. The van der Waals surface area contributed by atoms with Crippen molar-refractivity contribution < 1.29 is 4.74 Å². The second-order valence-electron chi connectivity index (χ2n) is 4.89. The molecule has 0 aliphatic heterocycles. The van der Waals surface area contributed by atoms with Gasteiger partial charge >= 0.3 is 0 Å². The normalized spacial score (nSPS) is 14.4. The minimum atomic E-state index is 0.177. The number of rotatable bonds is 7. The highest BCUT2D eigenvalue weighted by Crippen LogP contribution is 2.16. The van der Waals surface area contributed by atoms with Crippen LogP contribution in [-0.4, -0.2) is 12.1 Å². The van der Waals surface area contributed by atoms with Crippen molar-refractivity contribution in [2.75, 3.05) is 0 Å². The van der Waals surface area contributed by atoms with E-state index in [4.69, 9.17) is 10.5 Å². The van der Waals surface area contributed by atoms with Gasteiger partial charge in [0.1, 0.15) is 5.75 Å². The second-order valence-corrected chi connectivity index (χ2v) is 4.89. The first-order valence-corrected chi connectivity index (χ1v) is 6.63. The first kappa shape index (κ1) is 14.0. The lowest BCUT2D eigenvalue weighted by Crippen LogP contribution is -2.24. The molecule has 1 rings (SSSR count). The lowest BCUT2D eigenvalue weighted by atomic mass is 10.1. The Hall–Kier alpha value is -1.02. The molecule has 2 unspecified atom stereocenters. The number of aryl methyl sites for hydroxylation is 1. The summed E-state index contributed by atoms with van der Waals surface area (Å²) in [5.74, 6) is 0.943. The van der Waals surface area contributed by atoms with Crippen molar-refractivity contribution in [3.63, 3.8) is 0 Å². The molecular weight excluding hydrogens is 210 g/mol. The van der Waals surface area contributed by atoms with E-state index in [1.54, 1.807) is 0 Å². The van der Waals surface area contributed by atoms with Gasteiger partial charge in [0.2, 0.25) is 0 Å². The van der Waals surface area contributed by atoms with E-state index in [0.29, 0.717) is 0 Å². The van der Waals surface area contributed by atoms with Crippen LogP contribution in [-0.2, 0) is 6.42 Å². The molecule has 0 spiro atoms. The van der Waals surface area contributed by atoms with E-state index in [9.17, 15) is 0 Å². The predicted octanol–water partition coefficient (Wildman–Crippen LogP) is 3.53. The van der Waals surface area contributed by atoms with Gasteiger partial charge in [-0.2, -0.15) is 0 Å². The molecule has 2 N–H and O–H groups in total. The van der Waals surface area contributed by atoms with Crippen LogP contribution in [0.1, 0.15) is 45.6 Å². The molecule has 0 aliphatic rings. The lowest BCUT2D eigenvalue weighted by Gasteiger charge is -2.16. The minimum absolute atomic E-state index is 0.177. The topological polar surface area (TPSA) is 35.2 Å². The Morgan fingerprint density at radius 2 is 1.82 bits per heavy atom. The van der Waals surface area contributed by atoms with E-state index in [-0.39, 0.29) is 12.1 Å². The fourth-order valence-corrected chi connectivity index (χ4v) is 1.92. The van der Waals surface area contributed by atoms with Gasteiger partial charge in [-0.25, -0.2) is 0 Å². The molecule has 0 radical (unpaired) electrons. The second kappa shape index (κ2) is 7.33. The van der Waals surface area contributed by atoms with Gasteiger partial charge in [-0.3, -0.25) is 0 Å². The number of benzene rings is 1. The summed E-state index contributed by atoms with van der Waals surface area (Å²) in [6.45, 7) is 6.29. The monoisotopic (exact) mass is 235 g/mol. The highest BCUT2D eigenvalue weighted by atomic mass is 16.5. The van der Waals surface area contributed by atoms with Crippen LogP contribution in [0.15, 0.2) is 24.3 Å². The molecule has 0 fully saturated rings. The molecule has 2 heteroatoms. The maximum atomic E-state index is 5.80. The summed E-state index contributed by atoms with van der Waals surface area (Å²) in [6.07, 6.45) is 4.71. The fourth-order valence-electron chi connectivity index (χ4n) is 1.92. The van der Waals surface area contributed by atoms with Gasteiger partial charge in [-0.05, 0) is 50.8 Å². The molecular formula is C15H25NO. The molecule has 0 bridgehead atoms. The number of nitrogens with two attached hydrogens (primary N) is 1. The number of hydrogen-bond acceptors (Lipinski definition) is 2. The smallest absolute Gasteiger partial charge is 0.119 e. The largest absolute Gasteiger partial charge is 0.491 e. The Kier molecular flexibility index (Phi) is 6.06. The van der Waals surface area contributed by atoms with Crippen molar-refractivity contribution >= 4 is 0 Å². The molecule has 1 aromatic carbocycles. The van der Waals surface area contributed by atoms with Crippen molar-refractivity contribution in [2.45, 2.75) is 58.6 Å². The first-order chi connectivity index (χ1) is 8.11. The summed E-state index contributed by atoms with van der Waals surface area (Å²) in [6, 6.07) is 8.62. The number of unbranched alkanes of at least 4 members (excludes halogenated alkanes) is 1. The molecule has 0 saturated carbocycles. The van der Waals surface area contributed by atoms with Gasteiger partial charge in [0.05, 0.1) is 6.10 Å². The maximum Gasteiger partial charge on any atom is 0.119 e. The third-order valence-corrected chi connectivity index (χ3v) is 2.78. The van der Waals surface area contributed by atoms with E-state index in [0.717, 1.165) is 18.6 Å². The Balaban J connectivity index is 2.44. The number of hydrogen-bond donors (Lipinski definition) is 1. The fraction of sp³-hybridized carbons (Fsp3) is 0.600. The Morgan fingerprint density at radius 1 is 1.18 bits per heavy atom. The number of ether oxygens (including phenoxy) is 1. The summed E-state index contributed by atoms with van der Waals surface area (Å²) in [7, 11) is 0. The van der Waals surface area contributed by atoms with E-state index >= 15 is 0 Å². The van der Waals surface area contributed by atoms with Crippen LogP contribution in [0.5, 0.6) is 5.75 Å². The first-order valence-electron chi connectivity index (χ1n) is 6.63. The summed E-state index contributed by atoms with van der Waals surface area (Å²) in [5, 5.41) is 0. The van der Waals surface area contributed by atoms with E-state index in [1.165, 1.54) is 18.4 Å². The Morgan fingerprint density at radius 3 is 2.35 bits per heavy atom. The highest BCUT2D eigenvalue weighted by Gasteiger charge is 2.06. The molecule has 0 aliphatic carbocycles. The molecule has 96 valence electrons. The van der Waals surface area contributed by atoms with E-state index < -0.39 is 0 Å². The average Bonchev–Trinajstić information content (AvgIpc) is 2.27. The molecule has 0 saturated heterocycles. The van der Waals surface area contributed by atoms with Gasteiger partial charge < -0.3 is 10.5 Å². The van der Waals surface area contributed by atoms with Crippen LogP contribution >= 0.6 is 0 Å². The molecule has 0 amide bonds. The molecule has 0 heterocycles. The van der Waals surface area contributed by atoms with E-state index in [1.807, 2.05) is 6.92 Å². The zero-order chi connectivity index (χ0) is 12.7. The van der Waals surface area contributed by atoms with E-state index in [2.05, 4.69) is 38.1 Å². The third-order valence-electron chi connectivity index (χ3n) is 2.78. The standard InChI is InChI=1S/C15H25NO/c1-4-5-6-14-7-9-15(10-8-14)17-13(3)11-12(2)16/h7-10,12-13H,4-6,11,16H2,1-3H3. The molecule has 17 heavy (non-hydrogen) atoms. The Labute approximate surface area is 105 Å². The van der Waals surface area contributed by atoms with Gasteiger partial charge in [-0.15, -0.1) is 0 Å². The molecule has 2 atom stereocenters. The average molecular weight is 235 g/mol. The van der Waals surface area contributed by atoms with Crippen molar-refractivity contribution in [1.29, 1.82) is 0 Å². The van der Waals surface area contributed by atoms with Crippen LogP contribution in [0.25, 0.3) is 0 Å². The van der Waals surface area contributed by atoms with Crippen molar-refractivity contribution in [3.8, 4) is 5.75 Å². The SMILES string of the molecule is CCCCc1ccc(OC(C)CC(C)N)cc1. The minimum Gasteiger partial charge on any atom is -0.491 e. The summed E-state index contributed by atoms with van der Waals surface area (Å²) >= 11 is 0. The van der Waals surface area contributed by atoms with Crippen molar-refractivity contribution in [3.05, 3.63) is 29.8 Å². The third kappa shape index (κ3) is 5.73. The summed E-state index contributed by atoms with van der Waals surface area (Å²) in [4.78, 5) is 0. The van der Waals surface area contributed by atoms with Gasteiger partial charge in [0.15, 0.2) is 0 Å². The zero-order valence-corrected chi connectivity index (χ0v) is 11.3. The van der Waals surface area contributed by atoms with Crippen LogP contribution in [0.2, 0.25) is 0 Å². The molecule has 0 aromatic heterocycles. The van der Waals surface area contributed by atoms with Crippen molar-refractivity contribution in [1.82, 2.24) is 0 Å². The van der Waals surface area contributed by atoms with Crippen LogP contribution in [0.3, 0.4) is 0 Å². The molecule has 1 aromatic rings. The quantitative estimate of drug-likeness (QED) is 0.784.